The molecule has 0 amide bonds. The van der Waals surface area contributed by atoms with Crippen molar-refractivity contribution in [2.45, 2.75) is 32.7 Å². The van der Waals surface area contributed by atoms with Crippen molar-refractivity contribution in [3.63, 3.8) is 0 Å². The van der Waals surface area contributed by atoms with Crippen LogP contribution in [0.5, 0.6) is 0 Å². The van der Waals surface area contributed by atoms with E-state index in [0.29, 0.717) is 10.9 Å². The van der Waals surface area contributed by atoms with E-state index in [4.69, 9.17) is 9.47 Å². The lowest BCUT2D eigenvalue weighted by atomic mass is 9.97. The second-order valence-electron chi connectivity index (χ2n) is 6.89. The summed E-state index contributed by atoms with van der Waals surface area (Å²) in [6.45, 7) is 4.71. The molecule has 0 spiro atoms. The van der Waals surface area contributed by atoms with Gasteiger partial charge >= 0.3 is 11.9 Å². The van der Waals surface area contributed by atoms with Crippen molar-refractivity contribution in [3.05, 3.63) is 51.4 Å². The van der Waals surface area contributed by atoms with Crippen LogP contribution in [0.4, 0.5) is 0 Å². The number of esters is 2. The van der Waals surface area contributed by atoms with Gasteiger partial charge in [0.25, 0.3) is 5.56 Å². The van der Waals surface area contributed by atoms with Crippen LogP contribution in [-0.2, 0) is 26.2 Å². The van der Waals surface area contributed by atoms with Crippen LogP contribution in [0.3, 0.4) is 0 Å². The summed E-state index contributed by atoms with van der Waals surface area (Å²) in [6.07, 6.45) is 0. The minimum absolute atomic E-state index is 0.0553. The molecule has 1 heterocycles. The number of hydrogen-bond donors (Lipinski definition) is 1. The summed E-state index contributed by atoms with van der Waals surface area (Å²) in [6, 6.07) is 7.33. The van der Waals surface area contributed by atoms with Crippen LogP contribution in [0, 0.1) is 5.41 Å². The summed E-state index contributed by atoms with van der Waals surface area (Å²) in [5.41, 5.74) is 0.164. The molecule has 2 aromatic rings. The summed E-state index contributed by atoms with van der Waals surface area (Å²) in [4.78, 5) is 43.5. The Morgan fingerprint density at radius 2 is 1.81 bits per heavy atom. The summed E-state index contributed by atoms with van der Waals surface area (Å²) < 4.78 is 9.91. The van der Waals surface area contributed by atoms with E-state index in [-0.39, 0.29) is 23.7 Å². The zero-order chi connectivity index (χ0) is 20.2. The van der Waals surface area contributed by atoms with E-state index in [1.807, 2.05) is 12.1 Å². The molecular weight excluding hydrogens is 416 g/mol. The molecule has 0 aliphatic rings. The fourth-order valence-electron chi connectivity index (χ4n) is 2.14. The lowest BCUT2D eigenvalue weighted by Crippen LogP contribution is -2.27. The molecule has 8 heteroatoms. The van der Waals surface area contributed by atoms with Gasteiger partial charge in [0.15, 0.2) is 5.69 Å². The zero-order valence-corrected chi connectivity index (χ0v) is 17.2. The summed E-state index contributed by atoms with van der Waals surface area (Å²) in [5, 5.41) is 0.697. The summed E-state index contributed by atoms with van der Waals surface area (Å²) >= 11 is 3.37. The number of nitrogens with one attached hydrogen (secondary N) is 1. The standard InChI is InChI=1S/C19H21BrN2O5/c1-19(2,3)18(25)27-10-13-14(17(24)26-4)21-15(22-16(13)23)12-7-5-11(9-20)6-8-12/h5-8H,9-10H2,1-4H3,(H,21,22,23). The molecular formula is C19H21BrN2O5. The molecule has 0 saturated carbocycles. The SMILES string of the molecule is COC(=O)c1nc(-c2ccc(CBr)cc2)[nH]c(=O)c1COC(=O)C(C)(C)C. The average Bonchev–Trinajstić information content (AvgIpc) is 2.64. The van der Waals surface area contributed by atoms with Gasteiger partial charge in [0, 0.05) is 10.9 Å². The van der Waals surface area contributed by atoms with Gasteiger partial charge in [0.05, 0.1) is 18.1 Å². The predicted octanol–water partition coefficient (Wildman–Crippen LogP) is 3.21. The largest absolute Gasteiger partial charge is 0.464 e. The van der Waals surface area contributed by atoms with E-state index in [1.54, 1.807) is 32.9 Å². The Kier molecular flexibility index (Phi) is 6.54. The minimum Gasteiger partial charge on any atom is -0.464 e. The van der Waals surface area contributed by atoms with E-state index in [0.717, 1.165) is 5.56 Å². The van der Waals surface area contributed by atoms with Crippen molar-refractivity contribution >= 4 is 27.9 Å². The lowest BCUT2D eigenvalue weighted by Gasteiger charge is -2.17. The number of alkyl halides is 1. The first-order chi connectivity index (χ1) is 12.7. The number of nitrogens with zero attached hydrogens (tertiary/aromatic N) is 1. The number of carbonyl (C=O) groups is 2. The topological polar surface area (TPSA) is 98.3 Å². The number of carbonyl (C=O) groups excluding carboxylic acids is 2. The maximum absolute atomic E-state index is 12.5. The van der Waals surface area contributed by atoms with Crippen LogP contribution < -0.4 is 5.56 Å². The number of ether oxygens (including phenoxy) is 2. The molecule has 0 atom stereocenters. The Bertz CT molecular complexity index is 898. The number of aromatic nitrogens is 2. The van der Waals surface area contributed by atoms with Crippen molar-refractivity contribution in [2.24, 2.45) is 5.41 Å². The van der Waals surface area contributed by atoms with Crippen molar-refractivity contribution in [3.8, 4) is 11.4 Å². The molecule has 0 aliphatic heterocycles. The maximum Gasteiger partial charge on any atom is 0.357 e. The fraction of sp³-hybridized carbons (Fsp3) is 0.368. The van der Waals surface area contributed by atoms with Gasteiger partial charge in [-0.3, -0.25) is 9.59 Å². The first-order valence-electron chi connectivity index (χ1n) is 8.21. The number of hydrogen-bond acceptors (Lipinski definition) is 6. The Morgan fingerprint density at radius 3 is 2.33 bits per heavy atom. The van der Waals surface area contributed by atoms with Crippen LogP contribution in [0.25, 0.3) is 11.4 Å². The molecule has 7 nitrogen and oxygen atoms in total. The molecule has 1 N–H and O–H groups in total. The molecule has 1 aromatic carbocycles. The first-order valence-corrected chi connectivity index (χ1v) is 9.33. The van der Waals surface area contributed by atoms with Crippen LogP contribution in [0.2, 0.25) is 0 Å². The highest BCUT2D eigenvalue weighted by atomic mass is 79.9. The number of benzene rings is 1. The van der Waals surface area contributed by atoms with Gasteiger partial charge in [-0.1, -0.05) is 40.2 Å². The van der Waals surface area contributed by atoms with E-state index in [2.05, 4.69) is 25.9 Å². The normalized spacial score (nSPS) is 11.1. The monoisotopic (exact) mass is 436 g/mol. The van der Waals surface area contributed by atoms with Gasteiger partial charge in [0.1, 0.15) is 12.4 Å². The molecule has 1 aromatic heterocycles. The van der Waals surface area contributed by atoms with Crippen LogP contribution >= 0.6 is 15.9 Å². The number of H-pyrrole nitrogens is 1. The second kappa shape index (κ2) is 8.47. The smallest absolute Gasteiger partial charge is 0.357 e. The molecule has 0 unspecified atom stereocenters. The minimum atomic E-state index is -0.777. The quantitative estimate of drug-likeness (QED) is 0.570. The molecule has 0 fully saturated rings. The lowest BCUT2D eigenvalue weighted by molar-refractivity contribution is -0.154. The molecule has 0 bridgehead atoms. The van der Waals surface area contributed by atoms with Crippen molar-refractivity contribution in [2.75, 3.05) is 7.11 Å². The van der Waals surface area contributed by atoms with Crippen LogP contribution in [-0.4, -0.2) is 29.0 Å². The van der Waals surface area contributed by atoms with Gasteiger partial charge < -0.3 is 14.5 Å². The number of aromatic amines is 1. The van der Waals surface area contributed by atoms with E-state index < -0.39 is 22.9 Å². The van der Waals surface area contributed by atoms with Gasteiger partial charge in [-0.05, 0) is 26.3 Å². The molecule has 0 radical (unpaired) electrons. The van der Waals surface area contributed by atoms with Gasteiger partial charge in [-0.2, -0.15) is 0 Å². The van der Waals surface area contributed by atoms with Crippen LogP contribution in [0.15, 0.2) is 29.1 Å². The summed E-state index contributed by atoms with van der Waals surface area (Å²) in [7, 11) is 1.20. The van der Waals surface area contributed by atoms with E-state index in [9.17, 15) is 14.4 Å². The fourth-order valence-corrected chi connectivity index (χ4v) is 2.51. The predicted molar refractivity (Wildman–Crippen MR) is 104 cm³/mol. The van der Waals surface area contributed by atoms with Crippen molar-refractivity contribution in [1.82, 2.24) is 9.97 Å². The molecule has 0 aliphatic carbocycles. The highest BCUT2D eigenvalue weighted by molar-refractivity contribution is 9.08. The summed E-state index contributed by atoms with van der Waals surface area (Å²) in [5.74, 6) is -1.04. The number of rotatable bonds is 5. The Balaban J connectivity index is 2.44. The molecule has 0 saturated heterocycles. The van der Waals surface area contributed by atoms with Crippen molar-refractivity contribution in [1.29, 1.82) is 0 Å². The van der Waals surface area contributed by atoms with Gasteiger partial charge in [-0.15, -0.1) is 0 Å². The third-order valence-corrected chi connectivity index (χ3v) is 4.38. The Labute approximate surface area is 165 Å². The third-order valence-electron chi connectivity index (χ3n) is 3.74. The first kappa shape index (κ1) is 20.8. The van der Waals surface area contributed by atoms with Gasteiger partial charge in [-0.25, -0.2) is 9.78 Å². The maximum atomic E-state index is 12.5. The number of methoxy groups -OCH3 is 1. The third kappa shape index (κ3) is 5.03. The highest BCUT2D eigenvalue weighted by Gasteiger charge is 2.26. The molecule has 144 valence electrons. The van der Waals surface area contributed by atoms with Crippen LogP contribution in [0.1, 0.15) is 42.4 Å². The molecule has 2 rings (SSSR count). The number of halogens is 1. The Morgan fingerprint density at radius 1 is 1.19 bits per heavy atom. The van der Waals surface area contributed by atoms with E-state index in [1.165, 1.54) is 7.11 Å². The van der Waals surface area contributed by atoms with Gasteiger partial charge in [0.2, 0.25) is 0 Å². The van der Waals surface area contributed by atoms with Crippen molar-refractivity contribution < 1.29 is 19.1 Å². The molecule has 27 heavy (non-hydrogen) atoms. The Hall–Kier alpha value is -2.48. The van der Waals surface area contributed by atoms with E-state index >= 15 is 0 Å². The average molecular weight is 437 g/mol. The highest BCUT2D eigenvalue weighted by Crippen LogP contribution is 2.19. The zero-order valence-electron chi connectivity index (χ0n) is 15.6. The second-order valence-corrected chi connectivity index (χ2v) is 7.45.